The Kier molecular flexibility index (Phi) is 3.71. The molecule has 1 nitrogen and oxygen atoms in total. The van der Waals surface area contributed by atoms with E-state index in [0.29, 0.717) is 6.04 Å². The number of aryl methyl sites for hydroxylation is 1. The second-order valence-electron chi connectivity index (χ2n) is 6.34. The Balaban J connectivity index is 1.74. The summed E-state index contributed by atoms with van der Waals surface area (Å²) in [5.74, 6) is 0. The van der Waals surface area contributed by atoms with Gasteiger partial charge in [0.1, 0.15) is 0 Å². The maximum atomic E-state index is 2.52. The Morgan fingerprint density at radius 3 is 2.68 bits per heavy atom. The molecular formula is C20H22NS+. The summed E-state index contributed by atoms with van der Waals surface area (Å²) < 4.78 is 2.52. The molecule has 0 aliphatic heterocycles. The first-order valence-corrected chi connectivity index (χ1v) is 9.20. The third-order valence-electron chi connectivity index (χ3n) is 4.93. The van der Waals surface area contributed by atoms with Crippen molar-refractivity contribution >= 4 is 22.1 Å². The van der Waals surface area contributed by atoms with Crippen LogP contribution in [0.2, 0.25) is 0 Å². The number of nitrogens with zero attached hydrogens (tertiary/aromatic N) is 1. The molecule has 1 heterocycles. The largest absolute Gasteiger partial charge is 0.225 e. The molecule has 1 aromatic heterocycles. The van der Waals surface area contributed by atoms with Gasteiger partial charge in [0.25, 0.3) is 0 Å². The number of aromatic nitrogens is 1. The zero-order chi connectivity index (χ0) is 14.9. The number of rotatable bonds is 2. The molecule has 1 atom stereocenters. The maximum Gasteiger partial charge on any atom is 0.225 e. The number of hydrogen-bond donors (Lipinski definition) is 0. The van der Waals surface area contributed by atoms with Gasteiger partial charge in [-0.25, -0.2) is 0 Å². The summed E-state index contributed by atoms with van der Waals surface area (Å²) >= 11 is 1.95. The highest BCUT2D eigenvalue weighted by Crippen LogP contribution is 2.26. The van der Waals surface area contributed by atoms with Crippen LogP contribution in [-0.4, -0.2) is 0 Å². The standard InChI is InChI=1S/C20H22NS/c1-15(17-12-11-16-7-5-6-8-18(16)13-17)21-14-22-20-10-4-2-3-9-19(20)21/h5-8,11-15H,2-4,9-10H2,1H3/q+1/t15-/m0/s1. The summed E-state index contributed by atoms with van der Waals surface area (Å²) in [7, 11) is 0. The second-order valence-corrected chi connectivity index (χ2v) is 7.28. The van der Waals surface area contributed by atoms with Gasteiger partial charge in [0.15, 0.2) is 11.7 Å². The fourth-order valence-electron chi connectivity index (χ4n) is 3.58. The number of thiazole rings is 1. The molecule has 0 saturated carbocycles. The highest BCUT2D eigenvalue weighted by Gasteiger charge is 2.26. The summed E-state index contributed by atoms with van der Waals surface area (Å²) in [6, 6.07) is 16.0. The van der Waals surface area contributed by atoms with Crippen LogP contribution in [0.25, 0.3) is 10.8 Å². The summed E-state index contributed by atoms with van der Waals surface area (Å²) in [4.78, 5) is 1.62. The lowest BCUT2D eigenvalue weighted by molar-refractivity contribution is -0.713. The summed E-state index contributed by atoms with van der Waals surface area (Å²) in [5.41, 5.74) is 5.34. The van der Waals surface area contributed by atoms with E-state index in [9.17, 15) is 0 Å². The first-order chi connectivity index (χ1) is 10.8. The first-order valence-electron chi connectivity index (χ1n) is 8.32. The zero-order valence-electron chi connectivity index (χ0n) is 13.1. The first kappa shape index (κ1) is 14.0. The van der Waals surface area contributed by atoms with Crippen molar-refractivity contribution in [3.63, 3.8) is 0 Å². The predicted octanol–water partition coefficient (Wildman–Crippen LogP) is 5.07. The van der Waals surface area contributed by atoms with Crippen LogP contribution in [0.5, 0.6) is 0 Å². The molecule has 0 amide bonds. The lowest BCUT2D eigenvalue weighted by atomic mass is 10.0. The van der Waals surface area contributed by atoms with Gasteiger partial charge in [-0.3, -0.25) is 0 Å². The van der Waals surface area contributed by atoms with Gasteiger partial charge in [0.05, 0.1) is 4.88 Å². The van der Waals surface area contributed by atoms with E-state index in [4.69, 9.17) is 0 Å². The number of benzene rings is 2. The molecule has 112 valence electrons. The molecular weight excluding hydrogens is 286 g/mol. The Hall–Kier alpha value is -1.67. The molecule has 2 heteroatoms. The van der Waals surface area contributed by atoms with E-state index in [1.54, 1.807) is 10.6 Å². The van der Waals surface area contributed by atoms with Crippen LogP contribution in [0.1, 0.15) is 48.4 Å². The highest BCUT2D eigenvalue weighted by atomic mass is 32.1. The molecule has 0 fully saturated rings. The van der Waals surface area contributed by atoms with Gasteiger partial charge in [-0.15, -0.1) is 0 Å². The molecule has 0 bridgehead atoms. The Labute approximate surface area is 136 Å². The molecule has 4 rings (SSSR count). The fraction of sp³-hybridized carbons (Fsp3) is 0.350. The minimum Gasteiger partial charge on any atom is -0.186 e. The molecule has 1 aliphatic rings. The van der Waals surface area contributed by atoms with Gasteiger partial charge >= 0.3 is 0 Å². The monoisotopic (exact) mass is 308 g/mol. The van der Waals surface area contributed by atoms with Gasteiger partial charge in [-0.2, -0.15) is 4.57 Å². The van der Waals surface area contributed by atoms with Crippen LogP contribution in [-0.2, 0) is 12.8 Å². The van der Waals surface area contributed by atoms with Gasteiger partial charge < -0.3 is 0 Å². The van der Waals surface area contributed by atoms with Crippen LogP contribution in [0.4, 0.5) is 0 Å². The molecule has 0 unspecified atom stereocenters. The Morgan fingerprint density at radius 2 is 1.77 bits per heavy atom. The predicted molar refractivity (Wildman–Crippen MR) is 93.5 cm³/mol. The van der Waals surface area contributed by atoms with Gasteiger partial charge in [-0.05, 0) is 36.1 Å². The van der Waals surface area contributed by atoms with E-state index in [1.807, 2.05) is 11.3 Å². The average molecular weight is 308 g/mol. The van der Waals surface area contributed by atoms with E-state index >= 15 is 0 Å². The average Bonchev–Trinajstić information content (AvgIpc) is 2.82. The van der Waals surface area contributed by atoms with Gasteiger partial charge in [-0.1, -0.05) is 54.2 Å². The molecule has 0 spiro atoms. The molecule has 3 aromatic rings. The van der Waals surface area contributed by atoms with Crippen molar-refractivity contribution in [1.29, 1.82) is 0 Å². The zero-order valence-corrected chi connectivity index (χ0v) is 13.9. The topological polar surface area (TPSA) is 3.88 Å². The molecule has 2 aromatic carbocycles. The van der Waals surface area contributed by atoms with E-state index in [0.717, 1.165) is 0 Å². The van der Waals surface area contributed by atoms with Crippen LogP contribution in [0, 0.1) is 0 Å². The molecule has 22 heavy (non-hydrogen) atoms. The van der Waals surface area contributed by atoms with E-state index in [1.165, 1.54) is 48.4 Å². The fourth-order valence-corrected chi connectivity index (χ4v) is 4.73. The van der Waals surface area contributed by atoms with E-state index in [2.05, 4.69) is 59.5 Å². The van der Waals surface area contributed by atoms with Crippen molar-refractivity contribution in [2.45, 2.75) is 45.1 Å². The molecule has 1 aliphatic carbocycles. The van der Waals surface area contributed by atoms with Crippen LogP contribution in [0.15, 0.2) is 48.0 Å². The van der Waals surface area contributed by atoms with Gasteiger partial charge in [0, 0.05) is 18.9 Å². The van der Waals surface area contributed by atoms with Crippen molar-refractivity contribution in [1.82, 2.24) is 0 Å². The van der Waals surface area contributed by atoms with Crippen LogP contribution >= 0.6 is 11.3 Å². The second kappa shape index (κ2) is 5.85. The number of fused-ring (bicyclic) bond motifs is 2. The van der Waals surface area contributed by atoms with Gasteiger partial charge in [0.2, 0.25) is 5.51 Å². The van der Waals surface area contributed by atoms with Crippen molar-refractivity contribution in [2.24, 2.45) is 0 Å². The molecule has 0 N–H and O–H groups in total. The quantitative estimate of drug-likeness (QED) is 0.460. The summed E-state index contributed by atoms with van der Waals surface area (Å²) in [6.07, 6.45) is 6.60. The maximum absolute atomic E-state index is 2.52. The van der Waals surface area contributed by atoms with E-state index in [-0.39, 0.29) is 0 Å². The number of hydrogen-bond acceptors (Lipinski definition) is 1. The van der Waals surface area contributed by atoms with E-state index < -0.39 is 0 Å². The van der Waals surface area contributed by atoms with Crippen molar-refractivity contribution in [3.05, 3.63) is 64.1 Å². The van der Waals surface area contributed by atoms with Crippen molar-refractivity contribution < 1.29 is 4.57 Å². The minimum atomic E-state index is 0.419. The summed E-state index contributed by atoms with van der Waals surface area (Å²) in [5, 5.41) is 2.67. The third kappa shape index (κ3) is 2.46. The highest BCUT2D eigenvalue weighted by molar-refractivity contribution is 7.09. The lowest BCUT2D eigenvalue weighted by Crippen LogP contribution is -2.40. The smallest absolute Gasteiger partial charge is 0.186 e. The lowest BCUT2D eigenvalue weighted by Gasteiger charge is -2.09. The van der Waals surface area contributed by atoms with Crippen LogP contribution in [0.3, 0.4) is 0 Å². The van der Waals surface area contributed by atoms with Crippen molar-refractivity contribution in [2.75, 3.05) is 0 Å². The Bertz CT molecular complexity index is 802. The molecule has 0 saturated heterocycles. The minimum absolute atomic E-state index is 0.419. The SMILES string of the molecule is C[C@@H](c1ccc2ccccc2c1)[n+]1csc2c1CCCCC2. The van der Waals surface area contributed by atoms with Crippen LogP contribution < -0.4 is 4.57 Å². The molecule has 0 radical (unpaired) electrons. The Morgan fingerprint density at radius 1 is 0.955 bits per heavy atom. The normalized spacial score (nSPS) is 16.2. The third-order valence-corrected chi connectivity index (χ3v) is 5.99. The summed E-state index contributed by atoms with van der Waals surface area (Å²) in [6.45, 7) is 2.34. The van der Waals surface area contributed by atoms with Crippen molar-refractivity contribution in [3.8, 4) is 0 Å².